The molecule has 0 aliphatic heterocycles. The summed E-state index contributed by atoms with van der Waals surface area (Å²) in [6.07, 6.45) is 0.675. The largest absolute Gasteiger partial charge is 0.472 e. The fourth-order valence-electron chi connectivity index (χ4n) is 4.14. The van der Waals surface area contributed by atoms with E-state index in [1.165, 1.54) is 31.2 Å². The molecule has 2 heterocycles. The van der Waals surface area contributed by atoms with Crippen LogP contribution in [0.5, 0.6) is 5.88 Å². The summed E-state index contributed by atoms with van der Waals surface area (Å²) in [5.41, 5.74) is 1.32. The summed E-state index contributed by atoms with van der Waals surface area (Å²) in [4.78, 5) is 43.0. The number of Topliss-reactive ketones (excluding diaryl/α,β-unsaturated/α-hetero) is 1. The van der Waals surface area contributed by atoms with Gasteiger partial charge in [0, 0.05) is 49.1 Å². The Kier molecular flexibility index (Phi) is 9.62. The Morgan fingerprint density at radius 3 is 2.62 bits per heavy atom. The number of rotatable bonds is 13. The lowest BCUT2D eigenvalue weighted by Gasteiger charge is -2.14. The SMILES string of the molecule is COCCNCc1cc(C(=O)Nc2cc(-c3ccc(Cl)cc3C(C)=O)cc(OCC(F)F)n2)c(=O)n(C2CC2)c1. The topological polar surface area (TPSA) is 112 Å². The average molecular weight is 575 g/mol. The Morgan fingerprint density at radius 2 is 1.95 bits per heavy atom. The molecule has 0 unspecified atom stereocenters. The van der Waals surface area contributed by atoms with Gasteiger partial charge in [0.2, 0.25) is 5.88 Å². The number of ketones is 1. The van der Waals surface area contributed by atoms with Crippen LogP contribution < -0.4 is 20.9 Å². The van der Waals surface area contributed by atoms with Crippen molar-refractivity contribution in [1.82, 2.24) is 14.9 Å². The minimum atomic E-state index is -2.76. The number of anilines is 1. The van der Waals surface area contributed by atoms with Gasteiger partial charge in [-0.3, -0.25) is 14.4 Å². The number of ether oxygens (including phenoxy) is 2. The van der Waals surface area contributed by atoms with Crippen LogP contribution in [0.1, 0.15) is 52.1 Å². The van der Waals surface area contributed by atoms with Gasteiger partial charge in [-0.1, -0.05) is 17.7 Å². The van der Waals surface area contributed by atoms with Crippen molar-refractivity contribution in [3.8, 4) is 17.0 Å². The molecule has 0 radical (unpaired) electrons. The highest BCUT2D eigenvalue weighted by molar-refractivity contribution is 6.31. The first-order chi connectivity index (χ1) is 19.2. The number of amides is 1. The van der Waals surface area contributed by atoms with E-state index in [0.717, 1.165) is 18.4 Å². The van der Waals surface area contributed by atoms with Gasteiger partial charge in [-0.05, 0) is 60.7 Å². The normalized spacial score (nSPS) is 12.9. The van der Waals surface area contributed by atoms with Crippen molar-refractivity contribution in [2.75, 3.05) is 32.2 Å². The van der Waals surface area contributed by atoms with Gasteiger partial charge in [-0.2, -0.15) is 4.98 Å². The molecule has 0 atom stereocenters. The fourth-order valence-corrected chi connectivity index (χ4v) is 4.31. The summed E-state index contributed by atoms with van der Waals surface area (Å²) in [6, 6.07) is 9.08. The molecule has 1 saturated carbocycles. The number of benzene rings is 1. The molecule has 0 spiro atoms. The van der Waals surface area contributed by atoms with E-state index in [-0.39, 0.29) is 34.6 Å². The predicted octanol–water partition coefficient (Wildman–Crippen LogP) is 4.73. The molecule has 0 bridgehead atoms. The fraction of sp³-hybridized carbons (Fsp3) is 0.357. The van der Waals surface area contributed by atoms with Crippen molar-refractivity contribution >= 4 is 29.1 Å². The molecule has 12 heteroatoms. The predicted molar refractivity (Wildman–Crippen MR) is 147 cm³/mol. The molecule has 1 aromatic carbocycles. The van der Waals surface area contributed by atoms with Crippen molar-refractivity contribution in [1.29, 1.82) is 0 Å². The second-order valence-electron chi connectivity index (χ2n) is 9.36. The summed E-state index contributed by atoms with van der Waals surface area (Å²) >= 11 is 6.07. The number of alkyl halides is 2. The van der Waals surface area contributed by atoms with Crippen LogP contribution >= 0.6 is 11.6 Å². The van der Waals surface area contributed by atoms with E-state index in [2.05, 4.69) is 15.6 Å². The molecular weight excluding hydrogens is 546 g/mol. The van der Waals surface area contributed by atoms with Crippen LogP contribution in [0.15, 0.2) is 47.4 Å². The van der Waals surface area contributed by atoms with Crippen LogP contribution in [0.4, 0.5) is 14.6 Å². The monoisotopic (exact) mass is 574 g/mol. The quantitative estimate of drug-likeness (QED) is 0.224. The van der Waals surface area contributed by atoms with E-state index in [9.17, 15) is 23.2 Å². The molecule has 9 nitrogen and oxygen atoms in total. The maximum Gasteiger partial charge on any atom is 0.272 e. The van der Waals surface area contributed by atoms with Gasteiger partial charge in [-0.15, -0.1) is 0 Å². The number of halogens is 3. The van der Waals surface area contributed by atoms with Gasteiger partial charge in [0.05, 0.1) is 6.61 Å². The summed E-state index contributed by atoms with van der Waals surface area (Å²) in [5, 5.41) is 6.15. The highest BCUT2D eigenvalue weighted by Gasteiger charge is 2.27. The lowest BCUT2D eigenvalue weighted by Crippen LogP contribution is -2.30. The third-order valence-electron chi connectivity index (χ3n) is 6.17. The minimum Gasteiger partial charge on any atom is -0.472 e. The number of carbonyl (C=O) groups excluding carboxylic acids is 2. The zero-order valence-corrected chi connectivity index (χ0v) is 22.8. The summed E-state index contributed by atoms with van der Waals surface area (Å²) < 4.78 is 37.5. The van der Waals surface area contributed by atoms with Crippen molar-refractivity contribution in [2.45, 2.75) is 38.8 Å². The summed E-state index contributed by atoms with van der Waals surface area (Å²) in [6.45, 7) is 1.96. The maximum absolute atomic E-state index is 13.4. The second kappa shape index (κ2) is 13.1. The number of methoxy groups -OCH3 is 1. The van der Waals surface area contributed by atoms with Crippen LogP contribution in [0, 0.1) is 0 Å². The van der Waals surface area contributed by atoms with Crippen LogP contribution in [0.2, 0.25) is 5.02 Å². The summed E-state index contributed by atoms with van der Waals surface area (Å²) in [7, 11) is 1.60. The Hall–Kier alpha value is -3.67. The smallest absolute Gasteiger partial charge is 0.272 e. The Morgan fingerprint density at radius 1 is 1.18 bits per heavy atom. The standard InChI is InChI=1S/C28H29ClF2N4O5/c1-16(36)22-12-19(29)3-6-21(22)18-10-25(33-26(11-18)40-15-24(30)31)34-27(37)23-9-17(13-32-7-8-39-2)14-35(28(23)38)20-4-5-20/h3,6,9-12,14,20,24,32H,4-5,7-8,13,15H2,1-2H3,(H,33,34,37). The number of hydrogen-bond donors (Lipinski definition) is 2. The van der Waals surface area contributed by atoms with Gasteiger partial charge >= 0.3 is 0 Å². The third-order valence-corrected chi connectivity index (χ3v) is 6.40. The van der Waals surface area contributed by atoms with Crippen molar-refractivity contribution in [2.24, 2.45) is 0 Å². The Bertz CT molecular complexity index is 1460. The minimum absolute atomic E-state index is 0.0312. The van der Waals surface area contributed by atoms with E-state index in [1.54, 1.807) is 30.0 Å². The van der Waals surface area contributed by atoms with Crippen LogP contribution in [0.25, 0.3) is 11.1 Å². The molecule has 1 aliphatic carbocycles. The van der Waals surface area contributed by atoms with E-state index >= 15 is 0 Å². The number of carbonyl (C=O) groups is 2. The van der Waals surface area contributed by atoms with Gasteiger partial charge in [-0.25, -0.2) is 8.78 Å². The maximum atomic E-state index is 13.4. The Labute approximate surface area is 234 Å². The number of hydrogen-bond acceptors (Lipinski definition) is 7. The van der Waals surface area contributed by atoms with E-state index < -0.39 is 24.5 Å². The molecule has 3 aromatic rings. The number of aromatic nitrogens is 2. The third kappa shape index (κ3) is 7.50. The molecule has 1 aliphatic rings. The highest BCUT2D eigenvalue weighted by Crippen LogP contribution is 2.34. The van der Waals surface area contributed by atoms with Gasteiger partial charge in [0.1, 0.15) is 11.4 Å². The van der Waals surface area contributed by atoms with E-state index in [1.807, 2.05) is 0 Å². The molecule has 212 valence electrons. The van der Waals surface area contributed by atoms with Crippen molar-refractivity contribution in [3.05, 3.63) is 74.7 Å². The molecule has 4 rings (SSSR count). The lowest BCUT2D eigenvalue weighted by molar-refractivity contribution is 0.0796. The molecule has 0 saturated heterocycles. The number of nitrogens with one attached hydrogen (secondary N) is 2. The molecule has 1 fully saturated rings. The zero-order chi connectivity index (χ0) is 28.8. The average Bonchev–Trinajstić information content (AvgIpc) is 3.76. The first kappa shape index (κ1) is 29.3. The van der Waals surface area contributed by atoms with Crippen LogP contribution in [-0.4, -0.2) is 54.5 Å². The molecular formula is C28H29ClF2N4O5. The lowest BCUT2D eigenvalue weighted by atomic mass is 9.98. The first-order valence-corrected chi connectivity index (χ1v) is 13.0. The van der Waals surface area contributed by atoms with Crippen LogP contribution in [0.3, 0.4) is 0 Å². The summed E-state index contributed by atoms with van der Waals surface area (Å²) in [5.74, 6) is -1.22. The number of pyridine rings is 2. The Balaban J connectivity index is 1.69. The van der Waals surface area contributed by atoms with Crippen LogP contribution in [-0.2, 0) is 11.3 Å². The van der Waals surface area contributed by atoms with E-state index in [4.69, 9.17) is 21.1 Å². The van der Waals surface area contributed by atoms with Gasteiger partial charge in [0.15, 0.2) is 12.4 Å². The van der Waals surface area contributed by atoms with Crippen molar-refractivity contribution in [3.63, 3.8) is 0 Å². The molecule has 2 N–H and O–H groups in total. The van der Waals surface area contributed by atoms with Gasteiger partial charge in [0.25, 0.3) is 17.9 Å². The van der Waals surface area contributed by atoms with Crippen molar-refractivity contribution < 1.29 is 27.8 Å². The molecule has 2 aromatic heterocycles. The second-order valence-corrected chi connectivity index (χ2v) is 9.79. The molecule has 1 amide bonds. The number of nitrogens with zero attached hydrogens (tertiary/aromatic N) is 2. The molecule has 40 heavy (non-hydrogen) atoms. The first-order valence-electron chi connectivity index (χ1n) is 12.7. The van der Waals surface area contributed by atoms with E-state index in [0.29, 0.717) is 35.8 Å². The highest BCUT2D eigenvalue weighted by atomic mass is 35.5. The van der Waals surface area contributed by atoms with Gasteiger partial charge < -0.3 is 24.7 Å². The zero-order valence-electron chi connectivity index (χ0n) is 22.0.